The van der Waals surface area contributed by atoms with E-state index in [4.69, 9.17) is 32.7 Å². The zero-order chi connectivity index (χ0) is 20.3. The van der Waals surface area contributed by atoms with E-state index in [9.17, 15) is 10.1 Å². The molecule has 1 unspecified atom stereocenters. The van der Waals surface area contributed by atoms with E-state index in [1.807, 2.05) is 18.4 Å². The lowest BCUT2D eigenvalue weighted by molar-refractivity contribution is -0.118. The van der Waals surface area contributed by atoms with Crippen LogP contribution in [0, 0.1) is 25.2 Å². The van der Waals surface area contributed by atoms with Crippen molar-refractivity contribution >= 4 is 34.9 Å². The molecule has 0 saturated carbocycles. The molecule has 2 aromatic rings. The summed E-state index contributed by atoms with van der Waals surface area (Å²) in [5.74, 6) is 0.407. The molecule has 1 aromatic heterocycles. The van der Waals surface area contributed by atoms with Gasteiger partial charge in [-0.05, 0) is 44.4 Å². The van der Waals surface area contributed by atoms with Crippen molar-refractivity contribution in [3.63, 3.8) is 0 Å². The van der Waals surface area contributed by atoms with Crippen LogP contribution in [0.2, 0.25) is 10.0 Å². The minimum absolute atomic E-state index is 0.0780. The Bertz CT molecular complexity index is 928. The summed E-state index contributed by atoms with van der Waals surface area (Å²) in [5, 5.41) is 13.2. The molecule has 1 atom stereocenters. The minimum atomic E-state index is -0.390. The number of hydrogen-bond donors (Lipinski definition) is 1. The van der Waals surface area contributed by atoms with Crippen LogP contribution in [0.4, 0.5) is 5.82 Å². The Morgan fingerprint density at radius 2 is 2.21 bits per heavy atom. The number of ether oxygens (including phenoxy) is 2. The summed E-state index contributed by atoms with van der Waals surface area (Å²) in [6, 6.07) is 6.98. The van der Waals surface area contributed by atoms with Gasteiger partial charge in [-0.25, -0.2) is 0 Å². The summed E-state index contributed by atoms with van der Waals surface area (Å²) < 4.78 is 13.1. The van der Waals surface area contributed by atoms with Crippen molar-refractivity contribution in [2.24, 2.45) is 0 Å². The molecule has 0 radical (unpaired) electrons. The van der Waals surface area contributed by atoms with E-state index in [1.54, 1.807) is 18.2 Å². The molecule has 28 heavy (non-hydrogen) atoms. The Hall–Kier alpha value is -2.20. The zero-order valence-electron chi connectivity index (χ0n) is 15.7. The second-order valence-electron chi connectivity index (χ2n) is 6.70. The largest absolute Gasteiger partial charge is 0.482 e. The zero-order valence-corrected chi connectivity index (χ0v) is 17.2. The second-order valence-corrected chi connectivity index (χ2v) is 7.55. The van der Waals surface area contributed by atoms with Crippen LogP contribution in [-0.4, -0.2) is 29.8 Å². The van der Waals surface area contributed by atoms with Crippen molar-refractivity contribution in [2.75, 3.05) is 18.5 Å². The predicted octanol–water partition coefficient (Wildman–Crippen LogP) is 4.48. The van der Waals surface area contributed by atoms with E-state index in [-0.39, 0.29) is 12.7 Å². The molecule has 2 heterocycles. The van der Waals surface area contributed by atoms with Crippen molar-refractivity contribution in [2.45, 2.75) is 39.3 Å². The fourth-order valence-electron chi connectivity index (χ4n) is 3.25. The van der Waals surface area contributed by atoms with E-state index >= 15 is 0 Å². The van der Waals surface area contributed by atoms with Crippen LogP contribution in [0.5, 0.6) is 5.75 Å². The first-order chi connectivity index (χ1) is 13.4. The highest BCUT2D eigenvalue weighted by molar-refractivity contribution is 6.34. The number of nitrogens with one attached hydrogen (secondary N) is 1. The third-order valence-corrected chi connectivity index (χ3v) is 5.41. The normalized spacial score (nSPS) is 16.0. The number of nitriles is 1. The Labute approximate surface area is 173 Å². The standard InChI is InChI=1S/C20H21Cl2N3O3/c1-12-13(2)25(10-15-4-3-7-27-15)20(16(12)9-23)24-19(26)11-28-18-8-14(21)5-6-17(18)22/h5-6,8,15H,3-4,7,10-11H2,1-2H3,(H,24,26). The Morgan fingerprint density at radius 3 is 2.89 bits per heavy atom. The highest BCUT2D eigenvalue weighted by atomic mass is 35.5. The molecular formula is C20H21Cl2N3O3. The molecule has 148 valence electrons. The average molecular weight is 422 g/mol. The number of carbonyl (C=O) groups excluding carboxylic acids is 1. The van der Waals surface area contributed by atoms with Crippen LogP contribution < -0.4 is 10.1 Å². The second kappa shape index (κ2) is 8.87. The van der Waals surface area contributed by atoms with Gasteiger partial charge in [-0.1, -0.05) is 23.2 Å². The summed E-state index contributed by atoms with van der Waals surface area (Å²) >= 11 is 12.0. The molecule has 0 aliphatic carbocycles. The third-order valence-electron chi connectivity index (χ3n) is 4.86. The first-order valence-electron chi connectivity index (χ1n) is 8.99. The molecule has 1 aliphatic heterocycles. The molecule has 8 heteroatoms. The molecule has 1 saturated heterocycles. The summed E-state index contributed by atoms with van der Waals surface area (Å²) in [7, 11) is 0. The van der Waals surface area contributed by atoms with Crippen LogP contribution in [0.3, 0.4) is 0 Å². The van der Waals surface area contributed by atoms with Crippen molar-refractivity contribution < 1.29 is 14.3 Å². The molecule has 1 aliphatic rings. The highest BCUT2D eigenvalue weighted by Crippen LogP contribution is 2.29. The number of carbonyl (C=O) groups is 1. The van der Waals surface area contributed by atoms with Crippen molar-refractivity contribution in [1.29, 1.82) is 5.26 Å². The quantitative estimate of drug-likeness (QED) is 0.745. The fraction of sp³-hybridized carbons (Fsp3) is 0.400. The van der Waals surface area contributed by atoms with Gasteiger partial charge in [0.2, 0.25) is 0 Å². The number of rotatable bonds is 6. The van der Waals surface area contributed by atoms with Gasteiger partial charge in [-0.2, -0.15) is 5.26 Å². The minimum Gasteiger partial charge on any atom is -0.482 e. The summed E-state index contributed by atoms with van der Waals surface area (Å²) in [5.41, 5.74) is 2.22. The van der Waals surface area contributed by atoms with E-state index in [1.165, 1.54) is 0 Å². The van der Waals surface area contributed by atoms with Crippen LogP contribution in [-0.2, 0) is 16.1 Å². The highest BCUT2D eigenvalue weighted by Gasteiger charge is 2.24. The molecule has 0 bridgehead atoms. The number of aromatic nitrogens is 1. The summed E-state index contributed by atoms with van der Waals surface area (Å²) in [4.78, 5) is 12.5. The van der Waals surface area contributed by atoms with Gasteiger partial charge in [0.05, 0.1) is 23.2 Å². The molecule has 1 N–H and O–H groups in total. The lowest BCUT2D eigenvalue weighted by Gasteiger charge is -2.17. The van der Waals surface area contributed by atoms with E-state index in [2.05, 4.69) is 11.4 Å². The van der Waals surface area contributed by atoms with Gasteiger partial charge in [-0.3, -0.25) is 4.79 Å². The first kappa shape index (κ1) is 20.5. The molecule has 6 nitrogen and oxygen atoms in total. The molecule has 1 fully saturated rings. The van der Waals surface area contributed by atoms with Gasteiger partial charge >= 0.3 is 0 Å². The van der Waals surface area contributed by atoms with Crippen LogP contribution in [0.15, 0.2) is 18.2 Å². The molecule has 1 amide bonds. The van der Waals surface area contributed by atoms with Gasteiger partial charge in [0, 0.05) is 23.4 Å². The van der Waals surface area contributed by atoms with Crippen LogP contribution >= 0.6 is 23.2 Å². The molecule has 3 rings (SSSR count). The number of amides is 1. The first-order valence-corrected chi connectivity index (χ1v) is 9.75. The van der Waals surface area contributed by atoms with Gasteiger partial charge in [0.15, 0.2) is 6.61 Å². The topological polar surface area (TPSA) is 76.3 Å². The maximum Gasteiger partial charge on any atom is 0.263 e. The smallest absolute Gasteiger partial charge is 0.263 e. The lowest BCUT2D eigenvalue weighted by Crippen LogP contribution is -2.24. The molecule has 0 spiro atoms. The maximum atomic E-state index is 12.5. The van der Waals surface area contributed by atoms with Crippen LogP contribution in [0.1, 0.15) is 29.7 Å². The van der Waals surface area contributed by atoms with Crippen LogP contribution in [0.25, 0.3) is 0 Å². The third kappa shape index (κ3) is 4.44. The van der Waals surface area contributed by atoms with Crippen molar-refractivity contribution in [3.8, 4) is 11.8 Å². The van der Waals surface area contributed by atoms with Gasteiger partial charge in [0.25, 0.3) is 5.91 Å². The van der Waals surface area contributed by atoms with Gasteiger partial charge in [-0.15, -0.1) is 0 Å². The van der Waals surface area contributed by atoms with E-state index < -0.39 is 5.91 Å². The van der Waals surface area contributed by atoms with Crippen molar-refractivity contribution in [3.05, 3.63) is 45.1 Å². The fourth-order valence-corrected chi connectivity index (χ4v) is 3.58. The van der Waals surface area contributed by atoms with Gasteiger partial charge < -0.3 is 19.4 Å². The van der Waals surface area contributed by atoms with Gasteiger partial charge in [0.1, 0.15) is 17.6 Å². The summed E-state index contributed by atoms with van der Waals surface area (Å²) in [6.07, 6.45) is 2.06. The number of anilines is 1. The summed E-state index contributed by atoms with van der Waals surface area (Å²) in [6.45, 7) is 4.88. The molecule has 1 aromatic carbocycles. The predicted molar refractivity (Wildman–Crippen MR) is 108 cm³/mol. The van der Waals surface area contributed by atoms with Crippen molar-refractivity contribution in [1.82, 2.24) is 4.57 Å². The monoisotopic (exact) mass is 421 g/mol. The average Bonchev–Trinajstić information content (AvgIpc) is 3.25. The molecular weight excluding hydrogens is 401 g/mol. The van der Waals surface area contributed by atoms with E-state index in [0.717, 1.165) is 30.7 Å². The van der Waals surface area contributed by atoms with E-state index in [0.29, 0.717) is 33.7 Å². The number of nitrogens with zero attached hydrogens (tertiary/aromatic N) is 2. The Kier molecular flexibility index (Phi) is 6.50. The SMILES string of the molecule is Cc1c(C#N)c(NC(=O)COc2cc(Cl)ccc2Cl)n(CC2CCCO2)c1C. The Balaban J connectivity index is 1.76. The number of benzene rings is 1. The number of halogens is 2. The lowest BCUT2D eigenvalue weighted by atomic mass is 10.2. The maximum absolute atomic E-state index is 12.5. The Morgan fingerprint density at radius 1 is 1.43 bits per heavy atom. The number of hydrogen-bond acceptors (Lipinski definition) is 4.